The smallest absolute Gasteiger partial charge is 0.138 e. The minimum atomic E-state index is 0.218. The minimum absolute atomic E-state index is 0.218. The molecule has 0 bridgehead atoms. The number of hydrogen-bond acceptors (Lipinski definition) is 2. The van der Waals surface area contributed by atoms with E-state index in [-0.39, 0.29) is 5.92 Å². The van der Waals surface area contributed by atoms with E-state index in [0.29, 0.717) is 12.4 Å². The van der Waals surface area contributed by atoms with Gasteiger partial charge in [0, 0.05) is 19.4 Å². The van der Waals surface area contributed by atoms with Crippen molar-refractivity contribution in [1.82, 2.24) is 0 Å². The molecule has 0 aromatic carbocycles. The van der Waals surface area contributed by atoms with Crippen LogP contribution in [0.15, 0.2) is 0 Å². The third kappa shape index (κ3) is 1.52. The Bertz CT molecular complexity index is 109. The third-order valence-corrected chi connectivity index (χ3v) is 1.80. The van der Waals surface area contributed by atoms with Crippen molar-refractivity contribution in [3.8, 4) is 0 Å². The van der Waals surface area contributed by atoms with Gasteiger partial charge in [-0.2, -0.15) is 0 Å². The van der Waals surface area contributed by atoms with Crippen molar-refractivity contribution in [2.75, 3.05) is 13.7 Å². The zero-order valence-electron chi connectivity index (χ0n) is 5.72. The summed E-state index contributed by atoms with van der Waals surface area (Å²) in [4.78, 5) is 10.9. The molecule has 0 aliphatic heterocycles. The summed E-state index contributed by atoms with van der Waals surface area (Å²) in [5.74, 6) is 0.604. The first-order chi connectivity index (χ1) is 4.34. The predicted molar refractivity (Wildman–Crippen MR) is 34.2 cm³/mol. The summed E-state index contributed by atoms with van der Waals surface area (Å²) in [7, 11) is 1.64. The van der Waals surface area contributed by atoms with Crippen molar-refractivity contribution < 1.29 is 9.53 Å². The van der Waals surface area contributed by atoms with Crippen LogP contribution in [-0.4, -0.2) is 19.5 Å². The van der Waals surface area contributed by atoms with Crippen LogP contribution >= 0.6 is 0 Å². The van der Waals surface area contributed by atoms with Crippen LogP contribution in [0.5, 0.6) is 0 Å². The topological polar surface area (TPSA) is 26.3 Å². The monoisotopic (exact) mass is 128 g/mol. The molecule has 1 aliphatic rings. The summed E-state index contributed by atoms with van der Waals surface area (Å²) in [6.45, 7) is 0.624. The lowest BCUT2D eigenvalue weighted by molar-refractivity contribution is -0.121. The summed E-state index contributed by atoms with van der Waals surface area (Å²) < 4.78 is 4.88. The first-order valence-corrected chi connectivity index (χ1v) is 3.36. The number of ether oxygens (including phenoxy) is 1. The largest absolute Gasteiger partial charge is 0.384 e. The maximum Gasteiger partial charge on any atom is 0.138 e. The molecule has 2 heteroatoms. The van der Waals surface area contributed by atoms with Gasteiger partial charge in [0.05, 0.1) is 6.61 Å². The molecule has 1 atom stereocenters. The number of carbonyl (C=O) groups excluding carboxylic acids is 1. The Balaban J connectivity index is 2.31. The van der Waals surface area contributed by atoms with E-state index in [0.717, 1.165) is 19.3 Å². The van der Waals surface area contributed by atoms with Gasteiger partial charge in [0.25, 0.3) is 0 Å². The minimum Gasteiger partial charge on any atom is -0.384 e. The Morgan fingerprint density at radius 1 is 1.78 bits per heavy atom. The fourth-order valence-corrected chi connectivity index (χ4v) is 1.27. The standard InChI is InChI=1S/C7H12O2/c1-9-5-6-3-2-4-7(6)8/h6H,2-5H2,1H3/t6-/m1/s1. The maximum atomic E-state index is 10.9. The molecule has 0 amide bonds. The number of carbonyl (C=O) groups is 1. The number of Topliss-reactive ketones (excluding diaryl/α,β-unsaturated/α-hetero) is 1. The van der Waals surface area contributed by atoms with Crippen LogP contribution in [0.25, 0.3) is 0 Å². The first-order valence-electron chi connectivity index (χ1n) is 3.36. The van der Waals surface area contributed by atoms with Gasteiger partial charge in [0.1, 0.15) is 5.78 Å². The Morgan fingerprint density at radius 3 is 3.00 bits per heavy atom. The van der Waals surface area contributed by atoms with Crippen LogP contribution < -0.4 is 0 Å². The van der Waals surface area contributed by atoms with E-state index in [9.17, 15) is 4.79 Å². The Hall–Kier alpha value is -0.370. The van der Waals surface area contributed by atoms with E-state index in [1.54, 1.807) is 7.11 Å². The molecule has 52 valence electrons. The first kappa shape index (κ1) is 6.75. The molecule has 0 radical (unpaired) electrons. The quantitative estimate of drug-likeness (QED) is 0.554. The fraction of sp³-hybridized carbons (Fsp3) is 0.857. The molecule has 1 aliphatic carbocycles. The second-order valence-corrected chi connectivity index (χ2v) is 2.51. The third-order valence-electron chi connectivity index (χ3n) is 1.80. The molecular weight excluding hydrogens is 116 g/mol. The molecule has 0 N–H and O–H groups in total. The molecule has 9 heavy (non-hydrogen) atoms. The number of hydrogen-bond donors (Lipinski definition) is 0. The molecular formula is C7H12O2. The van der Waals surface area contributed by atoms with E-state index >= 15 is 0 Å². The van der Waals surface area contributed by atoms with Crippen LogP contribution in [0.1, 0.15) is 19.3 Å². The molecule has 0 saturated heterocycles. The zero-order chi connectivity index (χ0) is 6.69. The lowest BCUT2D eigenvalue weighted by atomic mass is 10.1. The van der Waals surface area contributed by atoms with Crippen molar-refractivity contribution in [3.63, 3.8) is 0 Å². The van der Waals surface area contributed by atoms with Gasteiger partial charge in [-0.1, -0.05) is 0 Å². The van der Waals surface area contributed by atoms with Crippen LogP contribution in [0, 0.1) is 5.92 Å². The Morgan fingerprint density at radius 2 is 2.56 bits per heavy atom. The SMILES string of the molecule is COC[C@H]1CCCC1=O. The van der Waals surface area contributed by atoms with Crippen molar-refractivity contribution in [2.24, 2.45) is 5.92 Å². The van der Waals surface area contributed by atoms with Gasteiger partial charge in [-0.3, -0.25) is 4.79 Å². The molecule has 0 heterocycles. The number of methoxy groups -OCH3 is 1. The van der Waals surface area contributed by atoms with Gasteiger partial charge in [-0.05, 0) is 12.8 Å². The average Bonchev–Trinajstić information content (AvgIpc) is 2.18. The second kappa shape index (κ2) is 2.97. The summed E-state index contributed by atoms with van der Waals surface area (Å²) in [5.41, 5.74) is 0. The van der Waals surface area contributed by atoms with Gasteiger partial charge < -0.3 is 4.74 Å². The Labute approximate surface area is 55.2 Å². The Kier molecular flexibility index (Phi) is 2.22. The van der Waals surface area contributed by atoms with Gasteiger partial charge in [-0.25, -0.2) is 0 Å². The van der Waals surface area contributed by atoms with E-state index in [1.807, 2.05) is 0 Å². The lowest BCUT2D eigenvalue weighted by Crippen LogP contribution is -2.12. The predicted octanol–water partition coefficient (Wildman–Crippen LogP) is 1.00. The lowest BCUT2D eigenvalue weighted by Gasteiger charge is -2.03. The number of ketones is 1. The summed E-state index contributed by atoms with van der Waals surface area (Å²) in [5, 5.41) is 0. The molecule has 1 saturated carbocycles. The van der Waals surface area contributed by atoms with Crippen LogP contribution in [0.3, 0.4) is 0 Å². The van der Waals surface area contributed by atoms with Crippen molar-refractivity contribution in [2.45, 2.75) is 19.3 Å². The van der Waals surface area contributed by atoms with Crippen LogP contribution in [0.2, 0.25) is 0 Å². The summed E-state index contributed by atoms with van der Waals surface area (Å²) >= 11 is 0. The van der Waals surface area contributed by atoms with E-state index in [4.69, 9.17) is 4.74 Å². The van der Waals surface area contributed by atoms with E-state index in [2.05, 4.69) is 0 Å². The average molecular weight is 128 g/mol. The van der Waals surface area contributed by atoms with Crippen molar-refractivity contribution >= 4 is 5.78 Å². The van der Waals surface area contributed by atoms with Gasteiger partial charge >= 0.3 is 0 Å². The molecule has 0 spiro atoms. The molecule has 1 rings (SSSR count). The van der Waals surface area contributed by atoms with Crippen LogP contribution in [-0.2, 0) is 9.53 Å². The maximum absolute atomic E-state index is 10.9. The van der Waals surface area contributed by atoms with E-state index in [1.165, 1.54) is 0 Å². The summed E-state index contributed by atoms with van der Waals surface area (Å²) in [6, 6.07) is 0. The van der Waals surface area contributed by atoms with E-state index < -0.39 is 0 Å². The molecule has 0 unspecified atom stereocenters. The second-order valence-electron chi connectivity index (χ2n) is 2.51. The van der Waals surface area contributed by atoms with Gasteiger partial charge in [-0.15, -0.1) is 0 Å². The molecule has 1 fully saturated rings. The molecule has 0 aromatic rings. The highest BCUT2D eigenvalue weighted by atomic mass is 16.5. The highest BCUT2D eigenvalue weighted by Gasteiger charge is 2.23. The highest BCUT2D eigenvalue weighted by Crippen LogP contribution is 2.20. The normalized spacial score (nSPS) is 27.2. The molecule has 0 aromatic heterocycles. The van der Waals surface area contributed by atoms with Crippen LogP contribution in [0.4, 0.5) is 0 Å². The van der Waals surface area contributed by atoms with Crippen molar-refractivity contribution in [1.29, 1.82) is 0 Å². The highest BCUT2D eigenvalue weighted by molar-refractivity contribution is 5.82. The van der Waals surface area contributed by atoms with Gasteiger partial charge in [0.15, 0.2) is 0 Å². The summed E-state index contributed by atoms with van der Waals surface area (Å²) in [6.07, 6.45) is 2.87. The van der Waals surface area contributed by atoms with Crippen molar-refractivity contribution in [3.05, 3.63) is 0 Å². The fourth-order valence-electron chi connectivity index (χ4n) is 1.27. The molecule has 2 nitrogen and oxygen atoms in total. The zero-order valence-corrected chi connectivity index (χ0v) is 5.72. The number of rotatable bonds is 2. The van der Waals surface area contributed by atoms with Gasteiger partial charge in [0.2, 0.25) is 0 Å².